The van der Waals surface area contributed by atoms with E-state index in [2.05, 4.69) is 34.5 Å². The van der Waals surface area contributed by atoms with Gasteiger partial charge in [0.05, 0.1) is 12.1 Å². The Morgan fingerprint density at radius 3 is 2.69 bits per heavy atom. The van der Waals surface area contributed by atoms with Gasteiger partial charge in [-0.1, -0.05) is 30.3 Å². The number of piperidine rings is 3. The minimum absolute atomic E-state index is 0.130. The van der Waals surface area contributed by atoms with Crippen molar-refractivity contribution in [2.24, 2.45) is 11.8 Å². The number of likely N-dealkylation sites (tertiary alicyclic amines) is 1. The molecule has 1 aromatic rings. The van der Waals surface area contributed by atoms with E-state index in [1.807, 2.05) is 11.0 Å². The molecular weight excluding hydrogens is 366 g/mol. The topological polar surface area (TPSA) is 72.9 Å². The molecule has 0 aliphatic carbocycles. The fourth-order valence-electron chi connectivity index (χ4n) is 6.20. The molecule has 0 spiro atoms. The molecule has 4 heterocycles. The molecule has 4 fully saturated rings. The SMILES string of the molecule is O=C([C@H]1C[C@@H](O)CN1)N1C[C@H]2C[C@@H](C1)[C@H](Cc1ccccc1)N1C(=O)CCC[C@@H]21. The van der Waals surface area contributed by atoms with Gasteiger partial charge in [0.1, 0.15) is 0 Å². The van der Waals surface area contributed by atoms with Crippen molar-refractivity contribution in [2.75, 3.05) is 19.6 Å². The lowest BCUT2D eigenvalue weighted by Gasteiger charge is -2.57. The molecular formula is C23H31N3O3. The van der Waals surface area contributed by atoms with Crippen LogP contribution in [0.5, 0.6) is 0 Å². The molecule has 4 aliphatic heterocycles. The Hall–Kier alpha value is -1.92. The molecule has 0 unspecified atom stereocenters. The second-order valence-corrected chi connectivity index (χ2v) is 9.37. The van der Waals surface area contributed by atoms with Crippen molar-refractivity contribution < 1.29 is 14.7 Å². The van der Waals surface area contributed by atoms with E-state index in [0.29, 0.717) is 37.1 Å². The Bertz CT molecular complexity index is 770. The van der Waals surface area contributed by atoms with Crippen molar-refractivity contribution in [1.82, 2.24) is 15.1 Å². The first-order valence-electron chi connectivity index (χ1n) is 11.2. The van der Waals surface area contributed by atoms with Gasteiger partial charge in [-0.25, -0.2) is 0 Å². The zero-order valence-electron chi connectivity index (χ0n) is 16.9. The quantitative estimate of drug-likeness (QED) is 0.803. The predicted octanol–water partition coefficient (Wildman–Crippen LogP) is 1.18. The molecule has 0 aromatic heterocycles. The van der Waals surface area contributed by atoms with E-state index in [-0.39, 0.29) is 24.0 Å². The van der Waals surface area contributed by atoms with Gasteiger partial charge >= 0.3 is 0 Å². The molecule has 6 nitrogen and oxygen atoms in total. The molecule has 0 saturated carbocycles. The van der Waals surface area contributed by atoms with E-state index in [9.17, 15) is 14.7 Å². The number of hydrogen-bond acceptors (Lipinski definition) is 4. The molecule has 4 saturated heterocycles. The molecule has 2 bridgehead atoms. The molecule has 5 rings (SSSR count). The summed E-state index contributed by atoms with van der Waals surface area (Å²) in [5.74, 6) is 1.13. The molecule has 2 amide bonds. The van der Waals surface area contributed by atoms with Crippen LogP contribution in [0.2, 0.25) is 0 Å². The molecule has 2 N–H and O–H groups in total. The number of carbonyl (C=O) groups is 2. The normalized spacial score (nSPS) is 36.8. The summed E-state index contributed by atoms with van der Waals surface area (Å²) >= 11 is 0. The van der Waals surface area contributed by atoms with Crippen LogP contribution in [0, 0.1) is 11.8 Å². The van der Waals surface area contributed by atoms with Gasteiger partial charge in [-0.05, 0) is 49.5 Å². The standard InChI is InChI=1S/C23H31N3O3/c27-18-11-19(24-12-18)23(29)25-13-16-10-17(14-25)21(9-15-5-2-1-3-6-15)26-20(16)7-4-8-22(26)28/h1-3,5-6,16-21,24,27H,4,7-14H2/t16-,17+,18-,19-,20+,21+/m1/s1. The van der Waals surface area contributed by atoms with Crippen LogP contribution in [0.1, 0.15) is 37.7 Å². The predicted molar refractivity (Wildman–Crippen MR) is 109 cm³/mol. The highest BCUT2D eigenvalue weighted by atomic mass is 16.3. The van der Waals surface area contributed by atoms with Crippen LogP contribution in [0.25, 0.3) is 0 Å². The number of fused-ring (bicyclic) bond motifs is 4. The number of β-amino-alcohol motifs (C(OH)–C–C–N with tert-alkyl or cyclic N) is 1. The second-order valence-electron chi connectivity index (χ2n) is 9.37. The third-order valence-electron chi connectivity index (χ3n) is 7.50. The van der Waals surface area contributed by atoms with Crippen molar-refractivity contribution in [3.05, 3.63) is 35.9 Å². The summed E-state index contributed by atoms with van der Waals surface area (Å²) in [5.41, 5.74) is 1.26. The monoisotopic (exact) mass is 397 g/mol. The third kappa shape index (κ3) is 3.57. The molecule has 6 heteroatoms. The Labute approximate surface area is 172 Å². The zero-order chi connectivity index (χ0) is 20.0. The summed E-state index contributed by atoms with van der Waals surface area (Å²) < 4.78 is 0. The summed E-state index contributed by atoms with van der Waals surface area (Å²) in [6.07, 6.45) is 4.73. The first-order chi connectivity index (χ1) is 14.1. The van der Waals surface area contributed by atoms with Crippen LogP contribution >= 0.6 is 0 Å². The van der Waals surface area contributed by atoms with E-state index in [1.165, 1.54) is 5.56 Å². The van der Waals surface area contributed by atoms with E-state index in [1.54, 1.807) is 0 Å². The fourth-order valence-corrected chi connectivity index (χ4v) is 6.20. The number of benzene rings is 1. The fraction of sp³-hybridized carbons (Fsp3) is 0.652. The van der Waals surface area contributed by atoms with Crippen LogP contribution < -0.4 is 5.32 Å². The number of aliphatic hydroxyl groups excluding tert-OH is 1. The summed E-state index contributed by atoms with van der Waals surface area (Å²) in [5, 5.41) is 13.0. The number of amides is 2. The average molecular weight is 398 g/mol. The summed E-state index contributed by atoms with van der Waals surface area (Å²) in [6.45, 7) is 1.96. The molecule has 156 valence electrons. The van der Waals surface area contributed by atoms with Crippen LogP contribution in [-0.2, 0) is 16.0 Å². The summed E-state index contributed by atoms with van der Waals surface area (Å²) in [6, 6.07) is 10.6. The van der Waals surface area contributed by atoms with Gasteiger partial charge in [0.15, 0.2) is 0 Å². The Morgan fingerprint density at radius 1 is 1.14 bits per heavy atom. The Kier molecular flexibility index (Phi) is 5.08. The molecule has 0 radical (unpaired) electrons. The van der Waals surface area contributed by atoms with Crippen molar-refractivity contribution >= 4 is 11.8 Å². The average Bonchev–Trinajstić information content (AvgIpc) is 3.17. The largest absolute Gasteiger partial charge is 0.392 e. The van der Waals surface area contributed by atoms with Gasteiger partial charge in [-0.3, -0.25) is 9.59 Å². The second kappa shape index (κ2) is 7.73. The summed E-state index contributed by atoms with van der Waals surface area (Å²) in [7, 11) is 0. The maximum absolute atomic E-state index is 13.1. The van der Waals surface area contributed by atoms with Gasteiger partial charge in [-0.15, -0.1) is 0 Å². The van der Waals surface area contributed by atoms with E-state index in [4.69, 9.17) is 0 Å². The van der Waals surface area contributed by atoms with Crippen LogP contribution in [0.4, 0.5) is 0 Å². The van der Waals surface area contributed by atoms with Crippen LogP contribution in [0.15, 0.2) is 30.3 Å². The van der Waals surface area contributed by atoms with Crippen molar-refractivity contribution in [1.29, 1.82) is 0 Å². The number of hydrogen-bond donors (Lipinski definition) is 2. The maximum Gasteiger partial charge on any atom is 0.239 e. The smallest absolute Gasteiger partial charge is 0.239 e. The van der Waals surface area contributed by atoms with Gasteiger partial charge in [-0.2, -0.15) is 0 Å². The lowest BCUT2D eigenvalue weighted by atomic mass is 9.70. The number of nitrogens with zero attached hydrogens (tertiary/aromatic N) is 2. The highest BCUT2D eigenvalue weighted by Crippen LogP contribution is 2.42. The first-order valence-corrected chi connectivity index (χ1v) is 11.2. The maximum atomic E-state index is 13.1. The third-order valence-corrected chi connectivity index (χ3v) is 7.50. The van der Waals surface area contributed by atoms with Crippen molar-refractivity contribution in [3.8, 4) is 0 Å². The number of aliphatic hydroxyl groups is 1. The van der Waals surface area contributed by atoms with Crippen LogP contribution in [-0.4, -0.2) is 70.6 Å². The molecule has 6 atom stereocenters. The number of nitrogens with one attached hydrogen (secondary N) is 1. The molecule has 29 heavy (non-hydrogen) atoms. The zero-order valence-corrected chi connectivity index (χ0v) is 16.9. The van der Waals surface area contributed by atoms with E-state index in [0.717, 1.165) is 38.8 Å². The van der Waals surface area contributed by atoms with Gasteiger partial charge in [0.25, 0.3) is 0 Å². The van der Waals surface area contributed by atoms with E-state index >= 15 is 0 Å². The number of carbonyl (C=O) groups excluding carboxylic acids is 2. The molecule has 4 aliphatic rings. The minimum atomic E-state index is -0.425. The van der Waals surface area contributed by atoms with Crippen molar-refractivity contribution in [3.63, 3.8) is 0 Å². The van der Waals surface area contributed by atoms with Crippen molar-refractivity contribution in [2.45, 2.75) is 62.8 Å². The summed E-state index contributed by atoms with van der Waals surface area (Å²) in [4.78, 5) is 30.3. The minimum Gasteiger partial charge on any atom is -0.392 e. The van der Waals surface area contributed by atoms with Gasteiger partial charge in [0.2, 0.25) is 11.8 Å². The highest BCUT2D eigenvalue weighted by molar-refractivity contribution is 5.83. The Morgan fingerprint density at radius 2 is 1.93 bits per heavy atom. The van der Waals surface area contributed by atoms with Gasteiger partial charge in [0, 0.05) is 38.1 Å². The first kappa shape index (κ1) is 19.1. The number of rotatable bonds is 3. The van der Waals surface area contributed by atoms with Crippen LogP contribution in [0.3, 0.4) is 0 Å². The molecule has 1 aromatic carbocycles. The van der Waals surface area contributed by atoms with Gasteiger partial charge < -0.3 is 20.2 Å². The van der Waals surface area contributed by atoms with E-state index < -0.39 is 6.10 Å². The lowest BCUT2D eigenvalue weighted by molar-refractivity contribution is -0.156. The highest BCUT2D eigenvalue weighted by Gasteiger charge is 2.50. The lowest BCUT2D eigenvalue weighted by Crippen LogP contribution is -2.66. The Balaban J connectivity index is 1.40.